The number of fused-ring (bicyclic) bond motifs is 7. The van der Waals surface area contributed by atoms with Gasteiger partial charge < -0.3 is 45.3 Å². The number of phenolic OH excluding ortho intramolecular Hbond substituents is 8. The number of hydrogen-bond donors (Lipinski definition) is 8. The van der Waals surface area contributed by atoms with Crippen LogP contribution in [0.5, 0.6) is 46.0 Å². The molecule has 0 atom stereocenters. The van der Waals surface area contributed by atoms with E-state index in [1.54, 1.807) is 30.3 Å². The maximum absolute atomic E-state index is 11.8. The van der Waals surface area contributed by atoms with E-state index in [9.17, 15) is 40.9 Å². The van der Waals surface area contributed by atoms with Crippen molar-refractivity contribution in [1.29, 1.82) is 0 Å². The van der Waals surface area contributed by atoms with Crippen molar-refractivity contribution in [3.63, 3.8) is 0 Å². The fourth-order valence-electron chi connectivity index (χ4n) is 8.33. The second-order valence-electron chi connectivity index (χ2n) is 14.0. The molecule has 276 valence electrons. The minimum absolute atomic E-state index is 0.0347. The summed E-state index contributed by atoms with van der Waals surface area (Å²) in [4.78, 5) is 0. The Morgan fingerprint density at radius 3 is 1.32 bits per heavy atom. The summed E-state index contributed by atoms with van der Waals surface area (Å²) < 4.78 is 6.22. The van der Waals surface area contributed by atoms with Crippen LogP contribution in [-0.2, 0) is 0 Å². The van der Waals surface area contributed by atoms with Crippen LogP contribution in [-0.4, -0.2) is 40.9 Å². The molecule has 9 nitrogen and oxygen atoms in total. The van der Waals surface area contributed by atoms with Gasteiger partial charge in [0.25, 0.3) is 0 Å². The Labute approximate surface area is 322 Å². The summed E-state index contributed by atoms with van der Waals surface area (Å²) in [5, 5.41) is 94.1. The van der Waals surface area contributed by atoms with Crippen LogP contribution < -0.4 is 0 Å². The van der Waals surface area contributed by atoms with Gasteiger partial charge in [0.1, 0.15) is 11.2 Å². The van der Waals surface area contributed by atoms with Gasteiger partial charge in [-0.05, 0) is 68.4 Å². The van der Waals surface area contributed by atoms with Crippen LogP contribution in [0.1, 0.15) is 0 Å². The first kappa shape index (κ1) is 33.5. The highest BCUT2D eigenvalue weighted by atomic mass is 16.4. The molecule has 0 unspecified atom stereocenters. The summed E-state index contributed by atoms with van der Waals surface area (Å²) in [6.07, 6.45) is 0. The van der Waals surface area contributed by atoms with Crippen molar-refractivity contribution in [3.8, 4) is 90.5 Å². The van der Waals surface area contributed by atoms with Crippen molar-refractivity contribution in [2.75, 3.05) is 0 Å². The number of hydrogen-bond acceptors (Lipinski definition) is 9. The molecular formula is C48H30O9. The Balaban J connectivity index is 1.40. The molecule has 0 aliphatic carbocycles. The molecule has 10 aromatic rings. The number of aromatic hydroxyl groups is 8. The van der Waals surface area contributed by atoms with Gasteiger partial charge in [-0.25, -0.2) is 0 Å². The normalized spacial score (nSPS) is 11.7. The van der Waals surface area contributed by atoms with E-state index in [0.29, 0.717) is 27.7 Å². The minimum atomic E-state index is -1.04. The van der Waals surface area contributed by atoms with Gasteiger partial charge in [-0.15, -0.1) is 0 Å². The van der Waals surface area contributed by atoms with Crippen molar-refractivity contribution in [1.82, 2.24) is 0 Å². The lowest BCUT2D eigenvalue weighted by Crippen LogP contribution is -1.95. The lowest BCUT2D eigenvalue weighted by molar-refractivity contribution is 0.350. The number of furan rings is 1. The average molecular weight is 751 g/mol. The first-order valence-electron chi connectivity index (χ1n) is 18.0. The highest BCUT2D eigenvalue weighted by Crippen LogP contribution is 2.62. The summed E-state index contributed by atoms with van der Waals surface area (Å²) >= 11 is 0. The van der Waals surface area contributed by atoms with Crippen molar-refractivity contribution in [2.45, 2.75) is 0 Å². The van der Waals surface area contributed by atoms with E-state index in [1.165, 1.54) is 0 Å². The highest BCUT2D eigenvalue weighted by Gasteiger charge is 2.33. The van der Waals surface area contributed by atoms with Crippen LogP contribution in [0.4, 0.5) is 0 Å². The third-order valence-electron chi connectivity index (χ3n) is 10.9. The van der Waals surface area contributed by atoms with Gasteiger partial charge in [0.2, 0.25) is 23.0 Å². The second-order valence-corrected chi connectivity index (χ2v) is 14.0. The van der Waals surface area contributed by atoms with Gasteiger partial charge in [0, 0.05) is 43.4 Å². The molecule has 0 saturated carbocycles. The maximum Gasteiger partial charge on any atom is 0.204 e. The molecule has 0 saturated heterocycles. The van der Waals surface area contributed by atoms with E-state index >= 15 is 0 Å². The molecule has 0 radical (unpaired) electrons. The molecule has 0 amide bonds. The molecule has 1 heterocycles. The lowest BCUT2D eigenvalue weighted by Gasteiger charge is -2.23. The first-order valence-corrected chi connectivity index (χ1v) is 18.0. The van der Waals surface area contributed by atoms with Crippen LogP contribution in [0.15, 0.2) is 138 Å². The Morgan fingerprint density at radius 2 is 0.754 bits per heavy atom. The third kappa shape index (κ3) is 4.76. The van der Waals surface area contributed by atoms with Gasteiger partial charge in [-0.1, -0.05) is 109 Å². The average Bonchev–Trinajstić information content (AvgIpc) is 3.64. The van der Waals surface area contributed by atoms with Gasteiger partial charge >= 0.3 is 0 Å². The Morgan fingerprint density at radius 1 is 0.298 bits per heavy atom. The summed E-state index contributed by atoms with van der Waals surface area (Å²) in [5.41, 5.74) is 4.93. The number of phenols is 8. The fourth-order valence-corrected chi connectivity index (χ4v) is 8.33. The van der Waals surface area contributed by atoms with E-state index in [2.05, 4.69) is 0 Å². The molecule has 8 N–H and O–H groups in total. The van der Waals surface area contributed by atoms with Crippen molar-refractivity contribution in [2.24, 2.45) is 0 Å². The molecule has 0 aliphatic heterocycles. The standard InChI is InChI=1S/C48H30O9/c49-41-37-34(26-15-18-28(23-9-3-1-4-10-23)30(21-26)24-11-5-2-6-12-24)38-40(44(52)48(56)46(54)42(38)50)35(39(37)43(51)47(55)45(41)53)27-17-19-32-31(22-27)36-29-14-8-7-13-25(29)16-20-33(36)57-32/h1-22,49-56H. The van der Waals surface area contributed by atoms with Gasteiger partial charge in [0.05, 0.1) is 0 Å². The van der Waals surface area contributed by atoms with Crippen LogP contribution >= 0.6 is 0 Å². The lowest BCUT2D eigenvalue weighted by atomic mass is 9.82. The van der Waals surface area contributed by atoms with Crippen molar-refractivity contribution < 1.29 is 45.3 Å². The minimum Gasteiger partial charge on any atom is -0.504 e. The maximum atomic E-state index is 11.8. The Kier molecular flexibility index (Phi) is 7.20. The zero-order chi connectivity index (χ0) is 39.3. The molecule has 0 spiro atoms. The van der Waals surface area contributed by atoms with Crippen LogP contribution in [0.3, 0.4) is 0 Å². The van der Waals surface area contributed by atoms with Crippen LogP contribution in [0.2, 0.25) is 0 Å². The van der Waals surface area contributed by atoms with Gasteiger partial charge in [0.15, 0.2) is 23.0 Å². The molecular weight excluding hydrogens is 721 g/mol. The van der Waals surface area contributed by atoms with Crippen molar-refractivity contribution in [3.05, 3.63) is 133 Å². The summed E-state index contributed by atoms with van der Waals surface area (Å²) in [7, 11) is 0. The molecule has 10 rings (SSSR count). The molecule has 0 fully saturated rings. The first-order chi connectivity index (χ1) is 27.6. The number of benzene rings is 9. The number of rotatable bonds is 4. The largest absolute Gasteiger partial charge is 0.504 e. The molecule has 0 bridgehead atoms. The monoisotopic (exact) mass is 750 g/mol. The molecule has 9 heteroatoms. The predicted molar refractivity (Wildman–Crippen MR) is 221 cm³/mol. The zero-order valence-electron chi connectivity index (χ0n) is 29.7. The van der Waals surface area contributed by atoms with E-state index in [-0.39, 0.29) is 32.7 Å². The van der Waals surface area contributed by atoms with E-state index in [4.69, 9.17) is 4.42 Å². The quantitative estimate of drug-likeness (QED) is 0.0494. The van der Waals surface area contributed by atoms with E-state index < -0.39 is 46.0 Å². The Bertz CT molecular complexity index is 3230. The van der Waals surface area contributed by atoms with Gasteiger partial charge in [-0.3, -0.25) is 0 Å². The summed E-state index contributed by atoms with van der Waals surface area (Å²) in [5.74, 6) is -7.55. The van der Waals surface area contributed by atoms with Crippen molar-refractivity contribution >= 4 is 54.3 Å². The van der Waals surface area contributed by atoms with Crippen LogP contribution in [0, 0.1) is 0 Å². The summed E-state index contributed by atoms with van der Waals surface area (Å²) in [6.45, 7) is 0. The molecule has 0 aliphatic rings. The zero-order valence-corrected chi connectivity index (χ0v) is 29.7. The topological polar surface area (TPSA) is 175 Å². The third-order valence-corrected chi connectivity index (χ3v) is 10.9. The van der Waals surface area contributed by atoms with E-state index in [1.807, 2.05) is 103 Å². The molecule has 57 heavy (non-hydrogen) atoms. The predicted octanol–water partition coefficient (Wildman–Crippen LogP) is 11.4. The Hall–Kier alpha value is -8.04. The van der Waals surface area contributed by atoms with E-state index in [0.717, 1.165) is 38.4 Å². The van der Waals surface area contributed by atoms with Crippen LogP contribution in [0.25, 0.3) is 98.8 Å². The smallest absolute Gasteiger partial charge is 0.204 e. The second kappa shape index (κ2) is 12.2. The molecule has 9 aromatic carbocycles. The fraction of sp³-hybridized carbons (Fsp3) is 0. The SMILES string of the molecule is Oc1c(O)c(O)c2c(-c3ccc4oc5ccc6ccccc6c5c4c3)c3c(O)c(O)c(O)c(O)c3c(-c3ccc(-c4ccccc4)c(-c4ccccc4)c3)c2c1O. The molecule has 1 aromatic heterocycles. The summed E-state index contributed by atoms with van der Waals surface area (Å²) in [6, 6.07) is 41.1. The highest BCUT2D eigenvalue weighted by molar-refractivity contribution is 6.30. The van der Waals surface area contributed by atoms with Gasteiger partial charge in [-0.2, -0.15) is 0 Å².